The van der Waals surface area contributed by atoms with Crippen LogP contribution in [0.15, 0.2) is 42.0 Å². The molecule has 0 fully saturated rings. The first-order valence-electron chi connectivity index (χ1n) is 7.32. The van der Waals surface area contributed by atoms with E-state index in [-0.39, 0.29) is 167 Å². The van der Waals surface area contributed by atoms with E-state index < -0.39 is 22.7 Å². The molecule has 1 unspecified atom stereocenters. The number of rotatable bonds is 9. The summed E-state index contributed by atoms with van der Waals surface area (Å²) in [5, 5.41) is 0. The van der Waals surface area contributed by atoms with Crippen molar-refractivity contribution < 1.29 is 27.3 Å². The van der Waals surface area contributed by atoms with Gasteiger partial charge in [-0.2, -0.15) is 8.42 Å². The van der Waals surface area contributed by atoms with Crippen LogP contribution < -0.4 is 0 Å². The van der Waals surface area contributed by atoms with Crippen molar-refractivity contribution in [1.82, 2.24) is 0 Å². The predicted octanol–water partition coefficient (Wildman–Crippen LogP) is 1.18. The number of benzene rings is 1. The molecule has 1 atom stereocenters. The second-order valence-corrected chi connectivity index (χ2v) is 9.28. The summed E-state index contributed by atoms with van der Waals surface area (Å²) >= 11 is 0. The Morgan fingerprint density at radius 1 is 1.15 bits per heavy atom. The summed E-state index contributed by atoms with van der Waals surface area (Å²) in [6.45, 7) is 1.96. The van der Waals surface area contributed by atoms with Crippen molar-refractivity contribution in [3.05, 3.63) is 47.5 Å². The van der Waals surface area contributed by atoms with Crippen LogP contribution in [0.25, 0.3) is 0 Å². The fourth-order valence-corrected chi connectivity index (χ4v) is 4.59. The van der Waals surface area contributed by atoms with Gasteiger partial charge < -0.3 is 9.79 Å². The maximum absolute atomic E-state index is 11.1. The molecule has 0 aliphatic rings. The number of aryl methyl sites for hydroxylation is 1. The molecule has 0 amide bonds. The number of hydrogen-bond acceptors (Lipinski definition) is 3. The van der Waals surface area contributed by atoms with E-state index in [1.165, 1.54) is 5.56 Å². The zero-order chi connectivity index (χ0) is 17.5. The van der Waals surface area contributed by atoms with Crippen molar-refractivity contribution in [2.45, 2.75) is 44.0 Å². The van der Waals surface area contributed by atoms with Gasteiger partial charge in [-0.1, -0.05) is 42.0 Å². The molecule has 26 heavy (non-hydrogen) atoms. The second-order valence-electron chi connectivity index (χ2n) is 5.53. The molecule has 1 aromatic carbocycles. The molecule has 0 saturated carbocycles. The van der Waals surface area contributed by atoms with Crippen LogP contribution in [-0.2, 0) is 21.1 Å². The summed E-state index contributed by atoms with van der Waals surface area (Å²) in [5.41, 5.74) is 2.36. The molecule has 0 saturated heterocycles. The molecule has 3 N–H and O–H groups in total. The van der Waals surface area contributed by atoms with Gasteiger partial charge in [0.25, 0.3) is 10.1 Å². The molecule has 0 heterocycles. The molecular weight excluding hydrogens is 456 g/mol. The van der Waals surface area contributed by atoms with Crippen LogP contribution in [0.1, 0.15) is 38.2 Å². The first-order chi connectivity index (χ1) is 10.6. The summed E-state index contributed by atoms with van der Waals surface area (Å²) in [6, 6.07) is 10.0. The third kappa shape index (κ3) is 15.7. The van der Waals surface area contributed by atoms with Gasteiger partial charge in [-0.3, -0.25) is 9.12 Å². The monoisotopic (exact) mass is 482 g/mol. The third-order valence-electron chi connectivity index (χ3n) is 3.52. The predicted molar refractivity (Wildman–Crippen MR) is 111 cm³/mol. The van der Waals surface area contributed by atoms with Gasteiger partial charge >= 0.3 is 162 Å². The van der Waals surface area contributed by atoms with Crippen LogP contribution >= 0.6 is 7.60 Å². The van der Waals surface area contributed by atoms with Crippen LogP contribution in [0.3, 0.4) is 0 Å². The molecule has 136 valence electrons. The SMILES string of the molecule is C/C(=C\CCCC(P(=O)(O)O)S(=O)(=O)O)CCc1ccccc1.[KH].[KH].[KH]. The molecule has 1 aromatic rings. The normalized spacial score (nSPS) is 13.0. The van der Waals surface area contributed by atoms with E-state index in [2.05, 4.69) is 0 Å². The van der Waals surface area contributed by atoms with E-state index in [0.29, 0.717) is 6.42 Å². The number of unbranched alkanes of at least 4 members (excludes halogenated alkanes) is 1. The fourth-order valence-electron chi connectivity index (χ4n) is 2.22. The Balaban J connectivity index is -0.00000176. The first-order valence-corrected chi connectivity index (χ1v) is 10.5. The second kappa shape index (κ2) is 17.5. The average Bonchev–Trinajstić information content (AvgIpc) is 2.43. The van der Waals surface area contributed by atoms with E-state index in [4.69, 9.17) is 14.3 Å². The fraction of sp³-hybridized carbons (Fsp3) is 0.467. The number of allylic oxidation sites excluding steroid dienone is 2. The van der Waals surface area contributed by atoms with E-state index in [1.54, 1.807) is 0 Å². The summed E-state index contributed by atoms with van der Waals surface area (Å²) in [4.78, 5) is 15.9. The van der Waals surface area contributed by atoms with Crippen LogP contribution in [0, 0.1) is 0 Å². The minimum atomic E-state index is -4.87. The van der Waals surface area contributed by atoms with Crippen molar-refractivity contribution in [2.75, 3.05) is 0 Å². The van der Waals surface area contributed by atoms with Gasteiger partial charge in [0.2, 0.25) is 0 Å². The zero-order valence-corrected chi connectivity index (χ0v) is 14.7. The van der Waals surface area contributed by atoms with E-state index in [0.717, 1.165) is 18.4 Å². The summed E-state index contributed by atoms with van der Waals surface area (Å²) in [7, 11) is -9.63. The van der Waals surface area contributed by atoms with Crippen molar-refractivity contribution in [3.63, 3.8) is 0 Å². The molecular formula is C15H26K3O6PS. The molecule has 0 aromatic heterocycles. The minimum absolute atomic E-state index is 0. The van der Waals surface area contributed by atoms with Gasteiger partial charge in [0.05, 0.1) is 0 Å². The molecule has 0 bridgehead atoms. The van der Waals surface area contributed by atoms with Gasteiger partial charge in [0.15, 0.2) is 4.99 Å². The van der Waals surface area contributed by atoms with Crippen molar-refractivity contribution in [2.24, 2.45) is 0 Å². The zero-order valence-electron chi connectivity index (χ0n) is 13.0. The summed E-state index contributed by atoms with van der Waals surface area (Å²) in [6.07, 6.45) is 4.21. The third-order valence-corrected chi connectivity index (χ3v) is 7.07. The van der Waals surface area contributed by atoms with E-state index in [9.17, 15) is 13.0 Å². The van der Waals surface area contributed by atoms with Crippen LogP contribution in [0.4, 0.5) is 0 Å². The molecule has 0 radical (unpaired) electrons. The van der Waals surface area contributed by atoms with Crippen LogP contribution in [0.5, 0.6) is 0 Å². The van der Waals surface area contributed by atoms with Crippen molar-refractivity contribution in [1.29, 1.82) is 0 Å². The van der Waals surface area contributed by atoms with Crippen LogP contribution in [-0.4, -0.2) is 182 Å². The van der Waals surface area contributed by atoms with Crippen molar-refractivity contribution >= 4 is 172 Å². The van der Waals surface area contributed by atoms with E-state index in [1.807, 2.05) is 43.3 Å². The first kappa shape index (κ1) is 34.5. The Bertz CT molecular complexity index is 676. The Kier molecular flexibility index (Phi) is 23.2. The van der Waals surface area contributed by atoms with Crippen LogP contribution in [0.2, 0.25) is 0 Å². The Hall–Kier alpha value is 3.93. The standard InChI is InChI=1S/C15H23O6PS.3K.3H/c1-13(11-12-14-8-3-2-4-9-14)7-5-6-10-15(22(16,17)18)23(19,20)21;;;;;;/h2-4,7-9,15H,5-6,10-12H2,1H3,(H2,16,17,18)(H,19,20,21);;;;;;/b13-7+;;;;;;. The van der Waals surface area contributed by atoms with Crippen molar-refractivity contribution in [3.8, 4) is 0 Å². The topological polar surface area (TPSA) is 112 Å². The van der Waals surface area contributed by atoms with E-state index >= 15 is 0 Å². The quantitative estimate of drug-likeness (QED) is 0.160. The molecule has 0 spiro atoms. The molecule has 0 aliphatic carbocycles. The van der Waals surface area contributed by atoms with Gasteiger partial charge in [0.1, 0.15) is 0 Å². The Morgan fingerprint density at radius 3 is 2.15 bits per heavy atom. The molecule has 6 nitrogen and oxygen atoms in total. The number of hydrogen-bond donors (Lipinski definition) is 3. The van der Waals surface area contributed by atoms with Gasteiger partial charge in [-0.05, 0) is 44.6 Å². The van der Waals surface area contributed by atoms with Gasteiger partial charge in [-0.15, -0.1) is 0 Å². The van der Waals surface area contributed by atoms with Gasteiger partial charge in [-0.25, -0.2) is 0 Å². The molecule has 0 aliphatic heterocycles. The Morgan fingerprint density at radius 2 is 1.69 bits per heavy atom. The Labute approximate surface area is 283 Å². The van der Waals surface area contributed by atoms with Gasteiger partial charge in [0, 0.05) is 0 Å². The average molecular weight is 483 g/mol. The summed E-state index contributed by atoms with van der Waals surface area (Å²) in [5.74, 6) is 0. The maximum atomic E-state index is 11.1. The molecule has 11 heteroatoms. The summed E-state index contributed by atoms with van der Waals surface area (Å²) < 4.78 is 42.0. The molecule has 1 rings (SSSR count).